The molecular formula is C13H15ClN2O. The summed E-state index contributed by atoms with van der Waals surface area (Å²) in [5, 5.41) is 0. The third kappa shape index (κ3) is 3.01. The highest BCUT2D eigenvalue weighted by molar-refractivity contribution is 6.16. The Balaban J connectivity index is 2.17. The maximum absolute atomic E-state index is 5.70. The number of aromatic nitrogens is 2. The minimum Gasteiger partial charge on any atom is -0.491 e. The molecular weight excluding hydrogens is 236 g/mol. The Hall–Kier alpha value is -1.48. The topological polar surface area (TPSA) is 37.9 Å². The Morgan fingerprint density at radius 3 is 2.53 bits per heavy atom. The van der Waals surface area contributed by atoms with Gasteiger partial charge in [-0.15, -0.1) is 11.6 Å². The number of aromatic amines is 1. The second kappa shape index (κ2) is 5.23. The first-order chi connectivity index (χ1) is 8.19. The monoisotopic (exact) mass is 250 g/mol. The first-order valence-electron chi connectivity index (χ1n) is 5.56. The maximum Gasteiger partial charge on any atom is 0.121 e. The molecule has 0 amide bonds. The number of alkyl halides is 1. The van der Waals surface area contributed by atoms with Crippen LogP contribution in [0.15, 0.2) is 30.5 Å². The number of hydrogen-bond acceptors (Lipinski definition) is 2. The van der Waals surface area contributed by atoms with Crippen molar-refractivity contribution in [3.8, 4) is 17.0 Å². The van der Waals surface area contributed by atoms with E-state index in [-0.39, 0.29) is 6.10 Å². The largest absolute Gasteiger partial charge is 0.491 e. The van der Waals surface area contributed by atoms with Crippen LogP contribution in [-0.4, -0.2) is 16.1 Å². The molecule has 0 aliphatic rings. The molecule has 0 bridgehead atoms. The fraction of sp³-hybridized carbons (Fsp3) is 0.308. The van der Waals surface area contributed by atoms with Gasteiger partial charge in [-0.05, 0) is 43.7 Å². The van der Waals surface area contributed by atoms with Gasteiger partial charge in [-0.2, -0.15) is 0 Å². The molecule has 0 saturated carbocycles. The lowest BCUT2D eigenvalue weighted by atomic mass is 10.1. The molecule has 1 heterocycles. The quantitative estimate of drug-likeness (QED) is 0.842. The van der Waals surface area contributed by atoms with Crippen molar-refractivity contribution >= 4 is 11.6 Å². The average molecular weight is 251 g/mol. The average Bonchev–Trinajstić information content (AvgIpc) is 2.78. The maximum atomic E-state index is 5.70. The molecule has 0 spiro atoms. The van der Waals surface area contributed by atoms with Crippen LogP contribution >= 0.6 is 11.6 Å². The third-order valence-corrected chi connectivity index (χ3v) is 2.55. The number of benzene rings is 1. The van der Waals surface area contributed by atoms with Crippen LogP contribution in [0.25, 0.3) is 11.3 Å². The summed E-state index contributed by atoms with van der Waals surface area (Å²) in [5.74, 6) is 2.05. The Bertz CT molecular complexity index is 476. The summed E-state index contributed by atoms with van der Waals surface area (Å²) in [6.45, 7) is 4.02. The normalized spacial score (nSPS) is 10.8. The molecule has 2 aromatic rings. The number of halogens is 1. The van der Waals surface area contributed by atoms with E-state index < -0.39 is 0 Å². The van der Waals surface area contributed by atoms with Crippen LogP contribution in [0.4, 0.5) is 0 Å². The summed E-state index contributed by atoms with van der Waals surface area (Å²) < 4.78 is 5.58. The molecule has 0 unspecified atom stereocenters. The van der Waals surface area contributed by atoms with E-state index in [9.17, 15) is 0 Å². The van der Waals surface area contributed by atoms with Crippen LogP contribution in [0.2, 0.25) is 0 Å². The summed E-state index contributed by atoms with van der Waals surface area (Å²) in [4.78, 5) is 7.32. The van der Waals surface area contributed by atoms with Crippen molar-refractivity contribution in [2.45, 2.75) is 25.8 Å². The highest BCUT2D eigenvalue weighted by atomic mass is 35.5. The first kappa shape index (κ1) is 12.0. The Morgan fingerprint density at radius 1 is 1.29 bits per heavy atom. The van der Waals surface area contributed by atoms with Gasteiger partial charge in [0, 0.05) is 0 Å². The zero-order valence-corrected chi connectivity index (χ0v) is 10.7. The number of nitrogens with one attached hydrogen (secondary N) is 1. The summed E-state index contributed by atoms with van der Waals surface area (Å²) in [6.07, 6.45) is 1.98. The van der Waals surface area contributed by atoms with E-state index in [0.717, 1.165) is 22.8 Å². The summed E-state index contributed by atoms with van der Waals surface area (Å²) in [6, 6.07) is 7.92. The Morgan fingerprint density at radius 2 is 2.00 bits per heavy atom. The van der Waals surface area contributed by atoms with Crippen LogP contribution in [0.3, 0.4) is 0 Å². The van der Waals surface area contributed by atoms with Crippen molar-refractivity contribution in [1.82, 2.24) is 9.97 Å². The lowest BCUT2D eigenvalue weighted by Gasteiger charge is -2.09. The van der Waals surface area contributed by atoms with Crippen LogP contribution in [0.5, 0.6) is 5.75 Å². The van der Waals surface area contributed by atoms with Gasteiger partial charge in [-0.1, -0.05) is 0 Å². The highest BCUT2D eigenvalue weighted by Crippen LogP contribution is 2.21. The van der Waals surface area contributed by atoms with Crippen LogP contribution in [0.1, 0.15) is 19.7 Å². The number of ether oxygens (including phenoxy) is 1. The standard InChI is InChI=1S/C13H15ClN2O/c1-9(2)17-11-5-3-10(4-6-11)12-8-15-13(7-14)16-12/h3-6,8-9H,7H2,1-2H3,(H,15,16). The van der Waals surface area contributed by atoms with E-state index in [1.54, 1.807) is 6.20 Å². The van der Waals surface area contributed by atoms with E-state index >= 15 is 0 Å². The predicted octanol–water partition coefficient (Wildman–Crippen LogP) is 3.60. The van der Waals surface area contributed by atoms with Crippen molar-refractivity contribution < 1.29 is 4.74 Å². The van der Waals surface area contributed by atoms with E-state index in [1.165, 1.54) is 0 Å². The van der Waals surface area contributed by atoms with Gasteiger partial charge in [0.15, 0.2) is 0 Å². The third-order valence-electron chi connectivity index (χ3n) is 2.29. The number of rotatable bonds is 4. The van der Waals surface area contributed by atoms with Crippen molar-refractivity contribution in [2.24, 2.45) is 0 Å². The van der Waals surface area contributed by atoms with Crippen molar-refractivity contribution in [1.29, 1.82) is 0 Å². The highest BCUT2D eigenvalue weighted by Gasteiger charge is 2.03. The van der Waals surface area contributed by atoms with E-state index in [4.69, 9.17) is 16.3 Å². The minimum absolute atomic E-state index is 0.191. The first-order valence-corrected chi connectivity index (χ1v) is 6.09. The molecule has 0 saturated heterocycles. The zero-order chi connectivity index (χ0) is 12.3. The Labute approximate surface area is 106 Å². The minimum atomic E-state index is 0.191. The van der Waals surface area contributed by atoms with Crippen molar-refractivity contribution in [2.75, 3.05) is 0 Å². The number of imidazole rings is 1. The zero-order valence-electron chi connectivity index (χ0n) is 9.90. The molecule has 0 radical (unpaired) electrons. The van der Waals surface area contributed by atoms with Crippen LogP contribution in [-0.2, 0) is 5.88 Å². The predicted molar refractivity (Wildman–Crippen MR) is 69.3 cm³/mol. The molecule has 2 rings (SSSR count). The number of H-pyrrole nitrogens is 1. The molecule has 0 aliphatic heterocycles. The van der Waals surface area contributed by atoms with Crippen LogP contribution in [0, 0.1) is 0 Å². The fourth-order valence-electron chi connectivity index (χ4n) is 1.56. The van der Waals surface area contributed by atoms with Gasteiger partial charge >= 0.3 is 0 Å². The van der Waals surface area contributed by atoms with Gasteiger partial charge in [0.05, 0.1) is 23.9 Å². The molecule has 0 aliphatic carbocycles. The molecule has 17 heavy (non-hydrogen) atoms. The lowest BCUT2D eigenvalue weighted by molar-refractivity contribution is 0.242. The molecule has 4 heteroatoms. The van der Waals surface area contributed by atoms with Gasteiger partial charge in [-0.3, -0.25) is 0 Å². The molecule has 90 valence electrons. The van der Waals surface area contributed by atoms with Crippen molar-refractivity contribution in [3.63, 3.8) is 0 Å². The lowest BCUT2D eigenvalue weighted by Crippen LogP contribution is -2.05. The van der Waals surface area contributed by atoms with E-state index in [2.05, 4.69) is 9.97 Å². The van der Waals surface area contributed by atoms with Crippen LogP contribution < -0.4 is 4.74 Å². The van der Waals surface area contributed by atoms with E-state index in [1.807, 2.05) is 38.1 Å². The fourth-order valence-corrected chi connectivity index (χ4v) is 1.70. The van der Waals surface area contributed by atoms with Gasteiger partial charge < -0.3 is 9.72 Å². The molecule has 1 N–H and O–H groups in total. The van der Waals surface area contributed by atoms with Gasteiger partial charge in [0.1, 0.15) is 11.6 Å². The van der Waals surface area contributed by atoms with Gasteiger partial charge in [0.25, 0.3) is 0 Å². The number of hydrogen-bond donors (Lipinski definition) is 1. The Kier molecular flexibility index (Phi) is 3.69. The number of nitrogens with zero attached hydrogens (tertiary/aromatic N) is 1. The summed E-state index contributed by atoms with van der Waals surface area (Å²) in [7, 11) is 0. The summed E-state index contributed by atoms with van der Waals surface area (Å²) in [5.41, 5.74) is 2.04. The summed E-state index contributed by atoms with van der Waals surface area (Å²) >= 11 is 5.70. The molecule has 3 nitrogen and oxygen atoms in total. The molecule has 0 atom stereocenters. The van der Waals surface area contributed by atoms with E-state index in [0.29, 0.717) is 5.88 Å². The molecule has 0 fully saturated rings. The molecule has 1 aromatic carbocycles. The second-order valence-corrected chi connectivity index (χ2v) is 4.34. The van der Waals surface area contributed by atoms with Gasteiger partial charge in [-0.25, -0.2) is 4.98 Å². The van der Waals surface area contributed by atoms with Crippen molar-refractivity contribution in [3.05, 3.63) is 36.3 Å². The smallest absolute Gasteiger partial charge is 0.121 e. The van der Waals surface area contributed by atoms with Gasteiger partial charge in [0.2, 0.25) is 0 Å². The second-order valence-electron chi connectivity index (χ2n) is 4.07. The SMILES string of the molecule is CC(C)Oc1ccc(-c2cnc(CCl)[nH]2)cc1. The molecule has 1 aromatic heterocycles.